The molecule has 3 heterocycles. The molecular weight excluding hydrogens is 422 g/mol. The molecule has 1 amide bonds. The Hall–Kier alpha value is -0.950. The fraction of sp³-hybridized carbons (Fsp3) is 0.682. The molecule has 0 unspecified atom stereocenters. The number of aliphatic hydroxyl groups is 1. The first-order chi connectivity index (χ1) is 13.2. The van der Waals surface area contributed by atoms with Gasteiger partial charge in [0.05, 0.1) is 29.5 Å². The molecular formula is C22H30BrNO4. The molecule has 0 radical (unpaired) electrons. The number of rotatable bonds is 3. The predicted octanol–water partition coefficient (Wildman–Crippen LogP) is 3.78. The highest BCUT2D eigenvalue weighted by Gasteiger charge is 2.52. The Morgan fingerprint density at radius 3 is 2.64 bits per heavy atom. The Morgan fingerprint density at radius 2 is 2.00 bits per heavy atom. The number of ether oxygens (including phenoxy) is 2. The van der Waals surface area contributed by atoms with Crippen molar-refractivity contribution in [3.05, 3.63) is 34.3 Å². The van der Waals surface area contributed by atoms with E-state index in [1.807, 2.05) is 43.0 Å². The molecule has 6 heteroatoms. The van der Waals surface area contributed by atoms with E-state index in [4.69, 9.17) is 9.47 Å². The van der Waals surface area contributed by atoms with Crippen LogP contribution >= 0.6 is 15.9 Å². The van der Waals surface area contributed by atoms with Gasteiger partial charge in [-0.3, -0.25) is 4.79 Å². The SMILES string of the molecule is CC(C)(O)[C@@H]1CC[C@](C)([C@@H]2C[C@H]3CN(C(=O)c4ccc(Br)cc4)CC[C@H]3O2)O1. The Morgan fingerprint density at radius 1 is 1.29 bits per heavy atom. The van der Waals surface area contributed by atoms with Gasteiger partial charge in [0, 0.05) is 29.0 Å². The smallest absolute Gasteiger partial charge is 0.253 e. The van der Waals surface area contributed by atoms with Crippen molar-refractivity contribution in [2.75, 3.05) is 13.1 Å². The van der Waals surface area contributed by atoms with Crippen molar-refractivity contribution in [1.82, 2.24) is 4.90 Å². The van der Waals surface area contributed by atoms with Crippen LogP contribution < -0.4 is 0 Å². The maximum atomic E-state index is 12.9. The van der Waals surface area contributed by atoms with E-state index in [2.05, 4.69) is 22.9 Å². The average molecular weight is 452 g/mol. The van der Waals surface area contributed by atoms with Gasteiger partial charge in [-0.1, -0.05) is 15.9 Å². The lowest BCUT2D eigenvalue weighted by Crippen LogP contribution is -2.44. The lowest BCUT2D eigenvalue weighted by molar-refractivity contribution is -0.163. The highest BCUT2D eigenvalue weighted by molar-refractivity contribution is 9.10. The molecule has 0 spiro atoms. The first-order valence-electron chi connectivity index (χ1n) is 10.3. The first kappa shape index (κ1) is 20.3. The summed E-state index contributed by atoms with van der Waals surface area (Å²) >= 11 is 3.42. The topological polar surface area (TPSA) is 59.0 Å². The van der Waals surface area contributed by atoms with Crippen LogP contribution in [-0.2, 0) is 9.47 Å². The van der Waals surface area contributed by atoms with E-state index in [1.165, 1.54) is 0 Å². The third-order valence-electron chi connectivity index (χ3n) is 6.68. The van der Waals surface area contributed by atoms with E-state index in [0.717, 1.165) is 48.8 Å². The number of carbonyl (C=O) groups is 1. The average Bonchev–Trinajstić information content (AvgIpc) is 3.25. The number of benzene rings is 1. The summed E-state index contributed by atoms with van der Waals surface area (Å²) < 4.78 is 13.7. The molecule has 1 aromatic rings. The Balaban J connectivity index is 1.40. The maximum Gasteiger partial charge on any atom is 0.253 e. The van der Waals surface area contributed by atoms with Gasteiger partial charge in [-0.2, -0.15) is 0 Å². The van der Waals surface area contributed by atoms with Crippen LogP contribution in [0.15, 0.2) is 28.7 Å². The van der Waals surface area contributed by atoms with Crippen LogP contribution in [0.5, 0.6) is 0 Å². The number of hydrogen-bond donors (Lipinski definition) is 1. The third-order valence-corrected chi connectivity index (χ3v) is 7.21. The minimum atomic E-state index is -0.836. The monoisotopic (exact) mass is 451 g/mol. The fourth-order valence-corrected chi connectivity index (χ4v) is 5.17. The Labute approximate surface area is 175 Å². The molecule has 0 bridgehead atoms. The largest absolute Gasteiger partial charge is 0.388 e. The minimum Gasteiger partial charge on any atom is -0.388 e. The lowest BCUT2D eigenvalue weighted by atomic mass is 9.87. The molecule has 28 heavy (non-hydrogen) atoms. The second-order valence-electron chi connectivity index (χ2n) is 9.32. The number of halogens is 1. The highest BCUT2D eigenvalue weighted by Crippen LogP contribution is 2.45. The predicted molar refractivity (Wildman–Crippen MR) is 110 cm³/mol. The van der Waals surface area contributed by atoms with Gasteiger partial charge in [-0.05, 0) is 70.7 Å². The maximum absolute atomic E-state index is 12.9. The summed E-state index contributed by atoms with van der Waals surface area (Å²) in [6.45, 7) is 7.20. The quantitative estimate of drug-likeness (QED) is 0.759. The number of nitrogens with zero attached hydrogens (tertiary/aromatic N) is 1. The van der Waals surface area contributed by atoms with Crippen LogP contribution in [0, 0.1) is 5.92 Å². The lowest BCUT2D eigenvalue weighted by Gasteiger charge is -2.34. The van der Waals surface area contributed by atoms with Crippen LogP contribution in [0.3, 0.4) is 0 Å². The van der Waals surface area contributed by atoms with Crippen molar-refractivity contribution in [3.63, 3.8) is 0 Å². The van der Waals surface area contributed by atoms with Crippen molar-refractivity contribution in [2.45, 2.75) is 76.0 Å². The fourth-order valence-electron chi connectivity index (χ4n) is 4.91. The third kappa shape index (κ3) is 3.89. The number of carbonyl (C=O) groups excluding carboxylic acids is 1. The molecule has 5 nitrogen and oxygen atoms in total. The number of hydrogen-bond acceptors (Lipinski definition) is 4. The van der Waals surface area contributed by atoms with Gasteiger partial charge in [0.1, 0.15) is 0 Å². The second-order valence-corrected chi connectivity index (χ2v) is 10.2. The van der Waals surface area contributed by atoms with Crippen LogP contribution in [0.1, 0.15) is 56.8 Å². The summed E-state index contributed by atoms with van der Waals surface area (Å²) in [5.41, 5.74) is -0.462. The first-order valence-corrected chi connectivity index (χ1v) is 11.1. The molecule has 3 aliphatic heterocycles. The summed E-state index contributed by atoms with van der Waals surface area (Å²) in [4.78, 5) is 14.8. The Kier molecular flexibility index (Phi) is 5.36. The number of piperidine rings is 1. The summed E-state index contributed by atoms with van der Waals surface area (Å²) in [7, 11) is 0. The molecule has 0 saturated carbocycles. The van der Waals surface area contributed by atoms with E-state index in [-0.39, 0.29) is 29.8 Å². The number of fused-ring (bicyclic) bond motifs is 1. The summed E-state index contributed by atoms with van der Waals surface area (Å²) in [6, 6.07) is 7.56. The molecule has 5 atom stereocenters. The highest BCUT2D eigenvalue weighted by atomic mass is 79.9. The van der Waals surface area contributed by atoms with Crippen molar-refractivity contribution in [3.8, 4) is 0 Å². The van der Waals surface area contributed by atoms with Gasteiger partial charge in [-0.25, -0.2) is 0 Å². The molecule has 1 aromatic carbocycles. The molecule has 3 aliphatic rings. The zero-order valence-electron chi connectivity index (χ0n) is 16.9. The molecule has 3 saturated heterocycles. The van der Waals surface area contributed by atoms with Crippen LogP contribution in [-0.4, -0.2) is 58.5 Å². The molecule has 4 rings (SSSR count). The molecule has 0 aromatic heterocycles. The Bertz CT molecular complexity index is 731. The van der Waals surface area contributed by atoms with Gasteiger partial charge in [0.25, 0.3) is 5.91 Å². The standard InChI is InChI=1S/C22H30BrNO4/c1-21(2,26)18-8-10-22(3,28-18)19-12-15-13-24(11-9-17(15)27-19)20(25)14-4-6-16(23)7-5-14/h4-7,15,17-19,26H,8-13H2,1-3H3/t15-,17+,18-,19-,22+/m0/s1. The number of likely N-dealkylation sites (tertiary alicyclic amines) is 1. The van der Waals surface area contributed by atoms with E-state index < -0.39 is 5.60 Å². The zero-order valence-corrected chi connectivity index (χ0v) is 18.4. The molecule has 1 N–H and O–H groups in total. The molecule has 0 aliphatic carbocycles. The van der Waals surface area contributed by atoms with Crippen molar-refractivity contribution in [2.24, 2.45) is 5.92 Å². The van der Waals surface area contributed by atoms with Gasteiger partial charge < -0.3 is 19.5 Å². The van der Waals surface area contributed by atoms with Gasteiger partial charge in [0.2, 0.25) is 0 Å². The molecule has 154 valence electrons. The van der Waals surface area contributed by atoms with E-state index in [0.29, 0.717) is 5.92 Å². The minimum absolute atomic E-state index is 0.0255. The second kappa shape index (κ2) is 7.38. The van der Waals surface area contributed by atoms with Crippen molar-refractivity contribution >= 4 is 21.8 Å². The van der Waals surface area contributed by atoms with Crippen LogP contribution in [0.4, 0.5) is 0 Å². The van der Waals surface area contributed by atoms with Gasteiger partial charge in [-0.15, -0.1) is 0 Å². The van der Waals surface area contributed by atoms with E-state index >= 15 is 0 Å². The zero-order chi connectivity index (χ0) is 20.1. The number of amides is 1. The van der Waals surface area contributed by atoms with Crippen molar-refractivity contribution < 1.29 is 19.4 Å². The normalized spacial score (nSPS) is 35.8. The van der Waals surface area contributed by atoms with Gasteiger partial charge >= 0.3 is 0 Å². The molecule has 3 fully saturated rings. The van der Waals surface area contributed by atoms with Crippen LogP contribution in [0.2, 0.25) is 0 Å². The van der Waals surface area contributed by atoms with E-state index in [9.17, 15) is 9.90 Å². The van der Waals surface area contributed by atoms with Crippen molar-refractivity contribution in [1.29, 1.82) is 0 Å². The van der Waals surface area contributed by atoms with E-state index in [1.54, 1.807) is 0 Å². The summed E-state index contributed by atoms with van der Waals surface area (Å²) in [5, 5.41) is 10.3. The summed E-state index contributed by atoms with van der Waals surface area (Å²) in [5.74, 6) is 0.444. The van der Waals surface area contributed by atoms with Gasteiger partial charge in [0.15, 0.2) is 0 Å². The summed E-state index contributed by atoms with van der Waals surface area (Å²) in [6.07, 6.45) is 3.59. The van der Waals surface area contributed by atoms with Crippen LogP contribution in [0.25, 0.3) is 0 Å².